The Kier molecular flexibility index (Phi) is 7.39. The number of phenols is 1. The number of piperazine rings is 1. The molecule has 2 unspecified atom stereocenters. The molecule has 1 amide bonds. The summed E-state index contributed by atoms with van der Waals surface area (Å²) in [6.07, 6.45) is 16.5. The van der Waals surface area contributed by atoms with E-state index >= 15 is 4.39 Å². The third-order valence-electron chi connectivity index (χ3n) is 12.1. The molecule has 5 aliphatic rings. The van der Waals surface area contributed by atoms with E-state index in [1.165, 1.54) is 24.3 Å². The van der Waals surface area contributed by atoms with E-state index in [1.54, 1.807) is 6.20 Å². The van der Waals surface area contributed by atoms with Crippen molar-refractivity contribution in [1.29, 1.82) is 0 Å². The number of carbonyl (C=O) groups is 1. The number of likely N-dealkylation sites (tertiary alicyclic amines) is 1. The van der Waals surface area contributed by atoms with E-state index in [0.29, 0.717) is 42.3 Å². The van der Waals surface area contributed by atoms with Gasteiger partial charge in [0.1, 0.15) is 28.6 Å². The van der Waals surface area contributed by atoms with E-state index in [-0.39, 0.29) is 68.8 Å². The molecule has 4 atom stereocenters. The second kappa shape index (κ2) is 11.8. The summed E-state index contributed by atoms with van der Waals surface area (Å²) in [5, 5.41) is 11.8. The molecule has 1 N–H and O–H groups in total. The fourth-order valence-electron chi connectivity index (χ4n) is 9.63. The summed E-state index contributed by atoms with van der Waals surface area (Å²) in [4.78, 5) is 34.1. The van der Waals surface area contributed by atoms with Crippen LogP contribution in [0.3, 0.4) is 0 Å². The summed E-state index contributed by atoms with van der Waals surface area (Å²) >= 11 is 0. The van der Waals surface area contributed by atoms with Gasteiger partial charge in [0.25, 0.3) is 0 Å². The first-order valence-electron chi connectivity index (χ1n) is 17.9. The Balaban J connectivity index is 1.16. The normalized spacial score (nSPS) is 26.4. The number of amides is 1. The predicted molar refractivity (Wildman–Crippen MR) is 186 cm³/mol. The number of halogens is 2. The van der Waals surface area contributed by atoms with Gasteiger partial charge in [-0.25, -0.2) is 8.78 Å². The Bertz CT molecular complexity index is 2080. The maximum atomic E-state index is 17.1. The van der Waals surface area contributed by atoms with Gasteiger partial charge in [-0.2, -0.15) is 9.97 Å². The number of anilines is 1. The summed E-state index contributed by atoms with van der Waals surface area (Å²) in [6, 6.07) is 6.17. The molecule has 3 saturated heterocycles. The van der Waals surface area contributed by atoms with Crippen LogP contribution in [0.4, 0.5) is 14.6 Å². The molecule has 4 aromatic rings. The minimum absolute atomic E-state index is 0.0164. The van der Waals surface area contributed by atoms with E-state index in [9.17, 15) is 14.3 Å². The number of hydrogen-bond donors (Lipinski definition) is 1. The molecular weight excluding hydrogens is 638 g/mol. The maximum absolute atomic E-state index is 17.1. The van der Waals surface area contributed by atoms with Crippen LogP contribution < -0.4 is 9.64 Å². The zero-order valence-corrected chi connectivity index (χ0v) is 28.2. The van der Waals surface area contributed by atoms with Crippen molar-refractivity contribution in [2.45, 2.75) is 75.9 Å². The Morgan fingerprint density at radius 3 is 2.62 bits per heavy atom. The van der Waals surface area contributed by atoms with Crippen LogP contribution in [0.2, 0.25) is 0 Å². The number of phenolic OH excluding ortho intramolecular Hbond substituents is 1. The van der Waals surface area contributed by atoms with Gasteiger partial charge in [-0.15, -0.1) is 6.42 Å². The van der Waals surface area contributed by atoms with E-state index < -0.39 is 11.6 Å². The average Bonchev–Trinajstić information content (AvgIpc) is 3.82. The molecule has 5 heterocycles. The number of ether oxygens (including phenoxy) is 1. The lowest BCUT2D eigenvalue weighted by molar-refractivity contribution is -0.135. The quantitative estimate of drug-likeness (QED) is 0.247. The molecule has 2 aromatic heterocycles. The molecule has 2 saturated carbocycles. The molecule has 3 aliphatic heterocycles. The van der Waals surface area contributed by atoms with Gasteiger partial charge in [-0.1, -0.05) is 18.4 Å². The molecule has 258 valence electrons. The minimum atomic E-state index is -0.741. The lowest BCUT2D eigenvalue weighted by Gasteiger charge is -2.44. The van der Waals surface area contributed by atoms with Crippen molar-refractivity contribution < 1.29 is 23.4 Å². The monoisotopic (exact) mass is 678 g/mol. The van der Waals surface area contributed by atoms with Crippen LogP contribution in [0.15, 0.2) is 30.5 Å². The number of nitrogens with zero attached hydrogens (tertiary/aromatic N) is 6. The van der Waals surface area contributed by atoms with Gasteiger partial charge in [0.15, 0.2) is 5.82 Å². The standard InChI is InChI=1S/C39H40F2N6O3/c1-3-27-30(40)12-9-23-16-26(48)17-28(32(23)27)34-33(41)35-29(18-42-34)36(46-19-24-10-11-25(20-46)47(24)37(49)22-7-8-22)44-38(43-35)50-21-39-13-4-6-31(39)45(2)15-5-14-39/h1,9,12,16-18,22,24-25,31,48H,4-8,10-11,13-15,19-21H2,2H3/t24?,25?,31-,39-/m1/s1. The first-order chi connectivity index (χ1) is 24.2. The van der Waals surface area contributed by atoms with Crippen molar-refractivity contribution >= 4 is 33.4 Å². The lowest BCUT2D eigenvalue weighted by Crippen LogP contribution is -2.56. The number of aromatic nitrogens is 3. The molecule has 2 aliphatic carbocycles. The molecule has 0 spiro atoms. The number of pyridine rings is 1. The molecule has 5 fully saturated rings. The highest BCUT2D eigenvalue weighted by Gasteiger charge is 2.49. The summed E-state index contributed by atoms with van der Waals surface area (Å²) in [5.41, 5.74) is 0.0210. The summed E-state index contributed by atoms with van der Waals surface area (Å²) in [7, 11) is 2.18. The summed E-state index contributed by atoms with van der Waals surface area (Å²) in [6.45, 7) is 2.64. The summed E-state index contributed by atoms with van der Waals surface area (Å²) < 4.78 is 38.5. The molecule has 50 heavy (non-hydrogen) atoms. The summed E-state index contributed by atoms with van der Waals surface area (Å²) in [5.74, 6) is 1.83. The van der Waals surface area contributed by atoms with Crippen molar-refractivity contribution in [2.24, 2.45) is 11.3 Å². The molecule has 0 radical (unpaired) electrons. The number of fused-ring (bicyclic) bond motifs is 5. The molecule has 9 nitrogen and oxygen atoms in total. The van der Waals surface area contributed by atoms with E-state index in [4.69, 9.17) is 21.1 Å². The highest BCUT2D eigenvalue weighted by atomic mass is 19.1. The Labute approximate surface area is 289 Å². The van der Waals surface area contributed by atoms with Crippen LogP contribution in [0.25, 0.3) is 32.9 Å². The van der Waals surface area contributed by atoms with Gasteiger partial charge in [-0.05, 0) is 88.5 Å². The molecular formula is C39H40F2N6O3. The van der Waals surface area contributed by atoms with Gasteiger partial charge in [0.05, 0.1) is 17.6 Å². The van der Waals surface area contributed by atoms with Gasteiger partial charge in [-0.3, -0.25) is 9.78 Å². The van der Waals surface area contributed by atoms with Gasteiger partial charge in [0, 0.05) is 59.7 Å². The topological polar surface area (TPSA) is 94.9 Å². The zero-order valence-electron chi connectivity index (χ0n) is 28.2. The zero-order chi connectivity index (χ0) is 34.3. The number of piperidine rings is 1. The van der Waals surface area contributed by atoms with Crippen molar-refractivity contribution in [1.82, 2.24) is 24.8 Å². The molecule has 11 heteroatoms. The Morgan fingerprint density at radius 1 is 1.08 bits per heavy atom. The smallest absolute Gasteiger partial charge is 0.319 e. The number of benzene rings is 2. The Morgan fingerprint density at radius 2 is 1.86 bits per heavy atom. The molecule has 9 rings (SSSR count). The Hall–Kier alpha value is -4.56. The van der Waals surface area contributed by atoms with Crippen molar-refractivity contribution in [3.63, 3.8) is 0 Å². The van der Waals surface area contributed by atoms with Crippen LogP contribution in [0.1, 0.15) is 63.4 Å². The van der Waals surface area contributed by atoms with Crippen LogP contribution in [-0.4, -0.2) is 87.2 Å². The van der Waals surface area contributed by atoms with Crippen molar-refractivity contribution in [2.75, 3.05) is 38.2 Å². The van der Waals surface area contributed by atoms with Crippen molar-refractivity contribution in [3.05, 3.63) is 47.7 Å². The number of carbonyl (C=O) groups excluding carboxylic acids is 1. The average molecular weight is 679 g/mol. The first-order valence-corrected chi connectivity index (χ1v) is 17.9. The first kappa shape index (κ1) is 31.4. The van der Waals surface area contributed by atoms with Gasteiger partial charge >= 0.3 is 6.01 Å². The third kappa shape index (κ3) is 4.97. The number of aromatic hydroxyl groups is 1. The minimum Gasteiger partial charge on any atom is -0.508 e. The van der Waals surface area contributed by atoms with Gasteiger partial charge in [0.2, 0.25) is 5.91 Å². The number of hydrogen-bond acceptors (Lipinski definition) is 8. The van der Waals surface area contributed by atoms with Crippen LogP contribution in [0, 0.1) is 35.3 Å². The highest BCUT2D eigenvalue weighted by molar-refractivity contribution is 6.03. The second-order valence-corrected chi connectivity index (χ2v) is 15.1. The maximum Gasteiger partial charge on any atom is 0.319 e. The SMILES string of the molecule is C#Cc1c(F)ccc2cc(O)cc(-c3ncc4c(N5CC6CCC(C5)N6C(=O)C5CC5)nc(OC[C@]56CCC[C@H]5N(C)CCC6)nc4c3F)c12. The highest BCUT2D eigenvalue weighted by Crippen LogP contribution is 2.48. The van der Waals surface area contributed by atoms with Crippen LogP contribution in [-0.2, 0) is 4.79 Å². The largest absolute Gasteiger partial charge is 0.508 e. The fraction of sp³-hybridized carbons (Fsp3) is 0.487. The number of rotatable bonds is 6. The van der Waals surface area contributed by atoms with E-state index in [2.05, 4.69) is 32.7 Å². The third-order valence-corrected chi connectivity index (χ3v) is 12.1. The second-order valence-electron chi connectivity index (χ2n) is 15.1. The fourth-order valence-corrected chi connectivity index (χ4v) is 9.63. The van der Waals surface area contributed by atoms with Crippen LogP contribution in [0.5, 0.6) is 11.8 Å². The molecule has 2 aromatic carbocycles. The lowest BCUT2D eigenvalue weighted by atomic mass is 9.76. The van der Waals surface area contributed by atoms with Crippen molar-refractivity contribution in [3.8, 4) is 35.4 Å². The van der Waals surface area contributed by atoms with Crippen LogP contribution >= 0.6 is 0 Å². The van der Waals surface area contributed by atoms with Gasteiger partial charge < -0.3 is 24.5 Å². The predicted octanol–water partition coefficient (Wildman–Crippen LogP) is 6.04. The van der Waals surface area contributed by atoms with E-state index in [0.717, 1.165) is 64.3 Å². The van der Waals surface area contributed by atoms with E-state index in [1.807, 2.05) is 0 Å². The number of terminal acetylenes is 1. The molecule has 2 bridgehead atoms.